The van der Waals surface area contributed by atoms with Crippen LogP contribution in [0.2, 0.25) is 0 Å². The number of nitrogen functional groups attached to an aromatic ring is 1. The van der Waals surface area contributed by atoms with E-state index in [0.717, 1.165) is 5.69 Å². The van der Waals surface area contributed by atoms with Gasteiger partial charge in [-0.15, -0.1) is 0 Å². The topological polar surface area (TPSA) is 64.3 Å². The van der Waals surface area contributed by atoms with E-state index in [2.05, 4.69) is 5.32 Å². The van der Waals surface area contributed by atoms with E-state index in [1.54, 1.807) is 13.0 Å². The molecule has 0 bridgehead atoms. The Bertz CT molecular complexity index is 466. The molecule has 0 amide bonds. The Morgan fingerprint density at radius 1 is 1.24 bits per heavy atom. The molecule has 0 unspecified atom stereocenters. The Hall–Kier alpha value is -1.71. The number of rotatable bonds is 4. The molecule has 0 aromatic heterocycles. The fourth-order valence-electron chi connectivity index (χ4n) is 2.90. The Morgan fingerprint density at radius 3 is 2.57 bits per heavy atom. The van der Waals surface area contributed by atoms with Crippen molar-refractivity contribution in [2.45, 2.75) is 57.9 Å². The van der Waals surface area contributed by atoms with Crippen molar-refractivity contribution in [1.82, 2.24) is 0 Å². The van der Waals surface area contributed by atoms with E-state index in [0.29, 0.717) is 23.9 Å². The Kier molecular flexibility index (Phi) is 5.90. The first kappa shape index (κ1) is 15.7. The van der Waals surface area contributed by atoms with Gasteiger partial charge in [0.2, 0.25) is 0 Å². The second kappa shape index (κ2) is 7.91. The van der Waals surface area contributed by atoms with Crippen LogP contribution in [0.15, 0.2) is 18.2 Å². The van der Waals surface area contributed by atoms with E-state index >= 15 is 0 Å². The Balaban J connectivity index is 2.08. The summed E-state index contributed by atoms with van der Waals surface area (Å²) >= 11 is 0. The summed E-state index contributed by atoms with van der Waals surface area (Å²) in [6.45, 7) is 2.16. The summed E-state index contributed by atoms with van der Waals surface area (Å²) in [7, 11) is 0. The maximum atomic E-state index is 11.9. The normalized spacial score (nSPS) is 16.8. The van der Waals surface area contributed by atoms with Gasteiger partial charge in [-0.05, 0) is 31.9 Å². The fourth-order valence-corrected chi connectivity index (χ4v) is 2.90. The molecule has 0 atom stereocenters. The highest BCUT2D eigenvalue weighted by molar-refractivity contribution is 5.98. The van der Waals surface area contributed by atoms with Gasteiger partial charge < -0.3 is 15.8 Å². The standard InChI is InChI=1S/C17H26N2O2/c1-2-21-17(20)14-11-8-12-15(16(14)18)19-13-9-6-4-3-5-7-10-13/h8,11-13,19H,2-7,9-10,18H2,1H3. The molecule has 21 heavy (non-hydrogen) atoms. The molecular weight excluding hydrogens is 264 g/mol. The second-order valence-electron chi connectivity index (χ2n) is 5.67. The maximum Gasteiger partial charge on any atom is 0.340 e. The van der Waals surface area contributed by atoms with Gasteiger partial charge in [-0.2, -0.15) is 0 Å². The van der Waals surface area contributed by atoms with Crippen molar-refractivity contribution in [3.8, 4) is 0 Å². The molecule has 0 radical (unpaired) electrons. The number of hydrogen-bond donors (Lipinski definition) is 2. The maximum absolute atomic E-state index is 11.9. The van der Waals surface area contributed by atoms with Crippen LogP contribution >= 0.6 is 0 Å². The summed E-state index contributed by atoms with van der Waals surface area (Å²) in [4.78, 5) is 11.9. The molecule has 0 heterocycles. The van der Waals surface area contributed by atoms with E-state index < -0.39 is 0 Å². The van der Waals surface area contributed by atoms with Crippen LogP contribution < -0.4 is 11.1 Å². The Labute approximate surface area is 127 Å². The third-order valence-corrected chi connectivity index (χ3v) is 4.07. The summed E-state index contributed by atoms with van der Waals surface area (Å²) in [6, 6.07) is 5.96. The van der Waals surface area contributed by atoms with Crippen LogP contribution in [0.3, 0.4) is 0 Å². The van der Waals surface area contributed by atoms with Gasteiger partial charge in [-0.1, -0.05) is 38.2 Å². The van der Waals surface area contributed by atoms with Gasteiger partial charge in [0.25, 0.3) is 0 Å². The number of ether oxygens (including phenoxy) is 1. The lowest BCUT2D eigenvalue weighted by Gasteiger charge is -2.23. The summed E-state index contributed by atoms with van der Waals surface area (Å²) in [5.41, 5.74) is 7.94. The molecule has 1 fully saturated rings. The number of para-hydroxylation sites is 1. The summed E-state index contributed by atoms with van der Waals surface area (Å²) in [5.74, 6) is -0.351. The molecule has 1 aromatic rings. The number of carbonyl (C=O) groups is 1. The lowest BCUT2D eigenvalue weighted by Crippen LogP contribution is -2.22. The molecule has 1 saturated carbocycles. The van der Waals surface area contributed by atoms with Crippen LogP contribution in [0, 0.1) is 0 Å². The zero-order valence-corrected chi connectivity index (χ0v) is 12.9. The molecule has 1 aliphatic rings. The van der Waals surface area contributed by atoms with E-state index in [4.69, 9.17) is 10.5 Å². The number of hydrogen-bond acceptors (Lipinski definition) is 4. The van der Waals surface area contributed by atoms with E-state index in [1.807, 2.05) is 12.1 Å². The predicted molar refractivity (Wildman–Crippen MR) is 86.5 cm³/mol. The van der Waals surface area contributed by atoms with Crippen molar-refractivity contribution in [1.29, 1.82) is 0 Å². The fraction of sp³-hybridized carbons (Fsp3) is 0.588. The highest BCUT2D eigenvalue weighted by atomic mass is 16.5. The molecule has 4 heteroatoms. The third-order valence-electron chi connectivity index (χ3n) is 4.07. The van der Waals surface area contributed by atoms with Crippen molar-refractivity contribution < 1.29 is 9.53 Å². The van der Waals surface area contributed by atoms with Gasteiger partial charge in [0.15, 0.2) is 0 Å². The summed E-state index contributed by atoms with van der Waals surface area (Å²) in [6.07, 6.45) is 8.84. The van der Waals surface area contributed by atoms with Crippen LogP contribution in [-0.4, -0.2) is 18.6 Å². The first-order valence-electron chi connectivity index (χ1n) is 8.04. The summed E-state index contributed by atoms with van der Waals surface area (Å²) in [5, 5.41) is 3.52. The van der Waals surface area contributed by atoms with Gasteiger partial charge in [-0.3, -0.25) is 0 Å². The number of esters is 1. The minimum absolute atomic E-state index is 0.351. The molecule has 0 spiro atoms. The van der Waals surface area contributed by atoms with Gasteiger partial charge in [0, 0.05) is 6.04 Å². The predicted octanol–water partition coefficient (Wildman–Crippen LogP) is 3.97. The highest BCUT2D eigenvalue weighted by Crippen LogP contribution is 2.27. The van der Waals surface area contributed by atoms with Gasteiger partial charge in [0.05, 0.1) is 23.5 Å². The SMILES string of the molecule is CCOC(=O)c1cccc(NC2CCCCCCC2)c1N. The number of carbonyl (C=O) groups excluding carboxylic acids is 1. The molecule has 1 aliphatic carbocycles. The minimum Gasteiger partial charge on any atom is -0.462 e. The second-order valence-corrected chi connectivity index (χ2v) is 5.67. The number of anilines is 2. The smallest absolute Gasteiger partial charge is 0.340 e. The first-order chi connectivity index (χ1) is 10.2. The van der Waals surface area contributed by atoms with Crippen LogP contribution in [0.1, 0.15) is 62.2 Å². The summed E-state index contributed by atoms with van der Waals surface area (Å²) < 4.78 is 5.04. The lowest BCUT2D eigenvalue weighted by molar-refractivity contribution is 0.0527. The van der Waals surface area contributed by atoms with Crippen LogP contribution in [0.5, 0.6) is 0 Å². The highest BCUT2D eigenvalue weighted by Gasteiger charge is 2.16. The van der Waals surface area contributed by atoms with Crippen LogP contribution in [0.4, 0.5) is 11.4 Å². The van der Waals surface area contributed by atoms with Crippen molar-refractivity contribution in [2.24, 2.45) is 0 Å². The average molecular weight is 290 g/mol. The zero-order chi connectivity index (χ0) is 15.1. The zero-order valence-electron chi connectivity index (χ0n) is 12.9. The first-order valence-corrected chi connectivity index (χ1v) is 8.04. The molecule has 1 aromatic carbocycles. The van der Waals surface area contributed by atoms with Crippen molar-refractivity contribution in [3.05, 3.63) is 23.8 Å². The Morgan fingerprint density at radius 2 is 1.90 bits per heavy atom. The van der Waals surface area contributed by atoms with Crippen molar-refractivity contribution in [2.75, 3.05) is 17.7 Å². The number of nitrogens with two attached hydrogens (primary N) is 1. The molecule has 2 rings (SSSR count). The molecular formula is C17H26N2O2. The molecule has 0 saturated heterocycles. The van der Waals surface area contributed by atoms with Gasteiger partial charge in [-0.25, -0.2) is 4.79 Å². The van der Waals surface area contributed by atoms with Gasteiger partial charge >= 0.3 is 5.97 Å². The van der Waals surface area contributed by atoms with E-state index in [9.17, 15) is 4.79 Å². The van der Waals surface area contributed by atoms with E-state index in [-0.39, 0.29) is 5.97 Å². The largest absolute Gasteiger partial charge is 0.462 e. The van der Waals surface area contributed by atoms with E-state index in [1.165, 1.54) is 44.9 Å². The number of benzene rings is 1. The average Bonchev–Trinajstić information content (AvgIpc) is 2.43. The molecule has 3 N–H and O–H groups in total. The molecule has 4 nitrogen and oxygen atoms in total. The van der Waals surface area contributed by atoms with Crippen LogP contribution in [0.25, 0.3) is 0 Å². The number of nitrogens with one attached hydrogen (secondary N) is 1. The quantitative estimate of drug-likeness (QED) is 0.650. The third kappa shape index (κ3) is 4.38. The minimum atomic E-state index is -0.351. The van der Waals surface area contributed by atoms with Gasteiger partial charge in [0.1, 0.15) is 0 Å². The van der Waals surface area contributed by atoms with Crippen LogP contribution in [-0.2, 0) is 4.74 Å². The molecule has 116 valence electrons. The van der Waals surface area contributed by atoms with Crippen molar-refractivity contribution in [3.63, 3.8) is 0 Å². The monoisotopic (exact) mass is 290 g/mol. The lowest BCUT2D eigenvalue weighted by atomic mass is 9.96. The molecule has 0 aliphatic heterocycles. The van der Waals surface area contributed by atoms with Crippen molar-refractivity contribution >= 4 is 17.3 Å².